The third-order valence-electron chi connectivity index (χ3n) is 1.88. The van der Waals surface area contributed by atoms with Gasteiger partial charge < -0.3 is 5.11 Å². The van der Waals surface area contributed by atoms with E-state index in [1.807, 2.05) is 0 Å². The third-order valence-corrected chi connectivity index (χ3v) is 3.73. The first-order valence-corrected chi connectivity index (χ1v) is 5.33. The van der Waals surface area contributed by atoms with E-state index in [0.29, 0.717) is 13.0 Å². The Labute approximate surface area is 66.9 Å². The summed E-state index contributed by atoms with van der Waals surface area (Å²) in [5.74, 6) is 0.125. The lowest BCUT2D eigenvalue weighted by Gasteiger charge is -2.13. The fourth-order valence-electron chi connectivity index (χ4n) is 1.15. The van der Waals surface area contributed by atoms with Crippen molar-refractivity contribution in [3.63, 3.8) is 0 Å². The number of aliphatic hydroxyl groups is 1. The van der Waals surface area contributed by atoms with Crippen molar-refractivity contribution >= 4 is 10.0 Å². The molecule has 0 amide bonds. The Bertz CT molecular complexity index is 224. The SMILES string of the molecule is CCS(=O)(=O)N1CC[C@@H](O)C1. The highest BCUT2D eigenvalue weighted by Crippen LogP contribution is 2.13. The maximum atomic E-state index is 11.2. The fraction of sp³-hybridized carbons (Fsp3) is 1.00. The molecule has 0 aromatic carbocycles. The molecule has 66 valence electrons. The molecular weight excluding hydrogens is 166 g/mol. The van der Waals surface area contributed by atoms with Gasteiger partial charge in [0.15, 0.2) is 0 Å². The number of sulfonamides is 1. The van der Waals surface area contributed by atoms with E-state index in [9.17, 15) is 8.42 Å². The molecule has 0 radical (unpaired) electrons. The molecule has 4 nitrogen and oxygen atoms in total. The van der Waals surface area contributed by atoms with E-state index < -0.39 is 16.1 Å². The third kappa shape index (κ3) is 1.91. The lowest BCUT2D eigenvalue weighted by atomic mass is 10.3. The van der Waals surface area contributed by atoms with Crippen molar-refractivity contribution in [3.05, 3.63) is 0 Å². The Morgan fingerprint density at radius 1 is 1.64 bits per heavy atom. The van der Waals surface area contributed by atoms with Crippen molar-refractivity contribution in [2.75, 3.05) is 18.8 Å². The summed E-state index contributed by atoms with van der Waals surface area (Å²) in [7, 11) is -3.06. The van der Waals surface area contributed by atoms with Crippen LogP contribution in [0, 0.1) is 0 Å². The summed E-state index contributed by atoms with van der Waals surface area (Å²) in [5, 5.41) is 9.05. The van der Waals surface area contributed by atoms with Crippen LogP contribution in [0.1, 0.15) is 13.3 Å². The van der Waals surface area contributed by atoms with Gasteiger partial charge in [-0.25, -0.2) is 8.42 Å². The molecule has 1 aliphatic rings. The van der Waals surface area contributed by atoms with Gasteiger partial charge in [0.25, 0.3) is 0 Å². The molecule has 0 aromatic heterocycles. The second-order valence-electron chi connectivity index (χ2n) is 2.70. The van der Waals surface area contributed by atoms with Crippen molar-refractivity contribution in [2.45, 2.75) is 19.4 Å². The molecule has 0 bridgehead atoms. The van der Waals surface area contributed by atoms with Gasteiger partial charge in [0.2, 0.25) is 10.0 Å². The van der Waals surface area contributed by atoms with Gasteiger partial charge in [-0.05, 0) is 13.3 Å². The maximum Gasteiger partial charge on any atom is 0.213 e. The minimum atomic E-state index is -3.06. The Hall–Kier alpha value is -0.130. The molecule has 0 aliphatic carbocycles. The molecule has 0 unspecified atom stereocenters. The predicted molar refractivity (Wildman–Crippen MR) is 41.7 cm³/mol. The second-order valence-corrected chi connectivity index (χ2v) is 4.96. The highest BCUT2D eigenvalue weighted by Gasteiger charge is 2.28. The largest absolute Gasteiger partial charge is 0.392 e. The van der Waals surface area contributed by atoms with Crippen LogP contribution < -0.4 is 0 Å². The number of aliphatic hydroxyl groups excluding tert-OH is 1. The summed E-state index contributed by atoms with van der Waals surface area (Å²) in [6.45, 7) is 2.35. The van der Waals surface area contributed by atoms with Crippen LogP contribution in [0.2, 0.25) is 0 Å². The van der Waals surface area contributed by atoms with E-state index in [0.717, 1.165) is 0 Å². The fourth-order valence-corrected chi connectivity index (χ4v) is 2.29. The van der Waals surface area contributed by atoms with Crippen LogP contribution in [0.25, 0.3) is 0 Å². The molecule has 1 saturated heterocycles. The molecule has 11 heavy (non-hydrogen) atoms. The first kappa shape index (κ1) is 8.96. The number of β-amino-alcohol motifs (C(OH)–C–C–N with tert-alkyl or cyclic N) is 1. The van der Waals surface area contributed by atoms with Gasteiger partial charge >= 0.3 is 0 Å². The van der Waals surface area contributed by atoms with E-state index in [4.69, 9.17) is 5.11 Å². The van der Waals surface area contributed by atoms with E-state index in [1.165, 1.54) is 4.31 Å². The van der Waals surface area contributed by atoms with Crippen LogP contribution in [-0.2, 0) is 10.0 Å². The predicted octanol–water partition coefficient (Wildman–Crippen LogP) is -0.597. The van der Waals surface area contributed by atoms with Crippen LogP contribution >= 0.6 is 0 Å². The number of rotatable bonds is 2. The first-order valence-electron chi connectivity index (χ1n) is 3.72. The summed E-state index contributed by atoms with van der Waals surface area (Å²) in [4.78, 5) is 0. The first-order chi connectivity index (χ1) is 5.06. The summed E-state index contributed by atoms with van der Waals surface area (Å²) >= 11 is 0. The van der Waals surface area contributed by atoms with Crippen molar-refractivity contribution in [3.8, 4) is 0 Å². The van der Waals surface area contributed by atoms with E-state index in [-0.39, 0.29) is 12.3 Å². The molecule has 5 heteroatoms. The Balaban J connectivity index is 2.64. The molecule has 0 spiro atoms. The monoisotopic (exact) mass is 179 g/mol. The molecular formula is C6H13NO3S. The lowest BCUT2D eigenvalue weighted by Crippen LogP contribution is -2.30. The maximum absolute atomic E-state index is 11.2. The molecule has 1 fully saturated rings. The van der Waals surface area contributed by atoms with Crippen LogP contribution in [0.4, 0.5) is 0 Å². The number of hydrogen-bond acceptors (Lipinski definition) is 3. The average molecular weight is 179 g/mol. The zero-order valence-corrected chi connectivity index (χ0v) is 7.34. The molecule has 1 aliphatic heterocycles. The summed E-state index contributed by atoms with van der Waals surface area (Å²) in [6.07, 6.45) is 0.107. The van der Waals surface area contributed by atoms with Crippen molar-refractivity contribution in [2.24, 2.45) is 0 Å². The van der Waals surface area contributed by atoms with Gasteiger partial charge in [-0.1, -0.05) is 0 Å². The van der Waals surface area contributed by atoms with E-state index >= 15 is 0 Å². The zero-order valence-electron chi connectivity index (χ0n) is 6.52. The molecule has 1 heterocycles. The van der Waals surface area contributed by atoms with Crippen molar-refractivity contribution in [1.29, 1.82) is 0 Å². The van der Waals surface area contributed by atoms with Crippen LogP contribution in [0.3, 0.4) is 0 Å². The summed E-state index contributed by atoms with van der Waals surface area (Å²) < 4.78 is 23.7. The Morgan fingerprint density at radius 3 is 2.64 bits per heavy atom. The minimum Gasteiger partial charge on any atom is -0.392 e. The Morgan fingerprint density at radius 2 is 2.27 bits per heavy atom. The van der Waals surface area contributed by atoms with Gasteiger partial charge in [-0.15, -0.1) is 0 Å². The van der Waals surface area contributed by atoms with Gasteiger partial charge in [0, 0.05) is 13.1 Å². The molecule has 0 saturated carbocycles. The van der Waals surface area contributed by atoms with Gasteiger partial charge in [-0.2, -0.15) is 4.31 Å². The molecule has 1 N–H and O–H groups in total. The zero-order chi connectivity index (χ0) is 8.48. The quantitative estimate of drug-likeness (QED) is 0.616. The lowest BCUT2D eigenvalue weighted by molar-refractivity contribution is 0.189. The summed E-state index contributed by atoms with van der Waals surface area (Å²) in [6, 6.07) is 0. The van der Waals surface area contributed by atoms with Gasteiger partial charge in [0.05, 0.1) is 11.9 Å². The van der Waals surface area contributed by atoms with Gasteiger partial charge in [-0.3, -0.25) is 0 Å². The average Bonchev–Trinajstić information content (AvgIpc) is 2.36. The van der Waals surface area contributed by atoms with Crippen LogP contribution in [0.5, 0.6) is 0 Å². The van der Waals surface area contributed by atoms with E-state index in [1.54, 1.807) is 6.92 Å². The normalized spacial score (nSPS) is 27.6. The van der Waals surface area contributed by atoms with E-state index in [2.05, 4.69) is 0 Å². The van der Waals surface area contributed by atoms with Crippen LogP contribution in [-0.4, -0.2) is 42.8 Å². The summed E-state index contributed by atoms with van der Waals surface area (Å²) in [5.41, 5.74) is 0. The standard InChI is InChI=1S/C6H13NO3S/c1-2-11(9,10)7-4-3-6(8)5-7/h6,8H,2-5H2,1H3/t6-/m1/s1. The molecule has 1 rings (SSSR count). The number of hydrogen-bond donors (Lipinski definition) is 1. The molecule has 0 aromatic rings. The second kappa shape index (κ2) is 3.08. The highest BCUT2D eigenvalue weighted by molar-refractivity contribution is 7.89. The van der Waals surface area contributed by atoms with Crippen molar-refractivity contribution in [1.82, 2.24) is 4.31 Å². The van der Waals surface area contributed by atoms with Gasteiger partial charge in [0.1, 0.15) is 0 Å². The van der Waals surface area contributed by atoms with Crippen molar-refractivity contribution < 1.29 is 13.5 Å². The molecule has 1 atom stereocenters. The highest BCUT2D eigenvalue weighted by atomic mass is 32.2. The minimum absolute atomic E-state index is 0.125. The smallest absolute Gasteiger partial charge is 0.213 e. The topological polar surface area (TPSA) is 57.6 Å². The Kier molecular flexibility index (Phi) is 2.51. The number of nitrogens with zero attached hydrogens (tertiary/aromatic N) is 1. The van der Waals surface area contributed by atoms with Crippen LogP contribution in [0.15, 0.2) is 0 Å².